The smallest absolute Gasteiger partial charge is 0.165 e. The largest absolute Gasteiger partial charge is 0.494 e. The third-order valence-electron chi connectivity index (χ3n) is 7.13. The Morgan fingerprint density at radius 1 is 0.676 bits per heavy atom. The fraction of sp³-hybridized carbons (Fsp3) is 0.500. The van der Waals surface area contributed by atoms with Gasteiger partial charge in [0, 0.05) is 11.5 Å². The number of benzene rings is 3. The van der Waals surface area contributed by atoms with Crippen molar-refractivity contribution in [2.24, 2.45) is 5.92 Å². The first-order valence-corrected chi connectivity index (χ1v) is 14.5. The summed E-state index contributed by atoms with van der Waals surface area (Å²) in [6.45, 7) is 7.77. The molecule has 0 aliphatic rings. The maximum atomic E-state index is 12.7. The van der Waals surface area contributed by atoms with E-state index in [9.17, 15) is 4.79 Å². The topological polar surface area (TPSA) is 35.5 Å². The highest BCUT2D eigenvalue weighted by molar-refractivity contribution is 5.97. The Morgan fingerprint density at radius 2 is 1.24 bits per heavy atom. The molecular weight excluding hydrogens is 456 g/mol. The average Bonchev–Trinajstić information content (AvgIpc) is 2.93. The maximum absolute atomic E-state index is 12.7. The number of hydrogen-bond donors (Lipinski definition) is 0. The Labute approximate surface area is 224 Å². The lowest BCUT2D eigenvalue weighted by atomic mass is 9.93. The van der Waals surface area contributed by atoms with Gasteiger partial charge in [-0.25, -0.2) is 0 Å². The molecule has 0 bridgehead atoms. The molecule has 200 valence electrons. The van der Waals surface area contributed by atoms with Crippen LogP contribution in [0.25, 0.3) is 10.8 Å². The Kier molecular flexibility index (Phi) is 12.5. The van der Waals surface area contributed by atoms with E-state index >= 15 is 0 Å². The summed E-state index contributed by atoms with van der Waals surface area (Å²) in [5.41, 5.74) is 1.86. The predicted molar refractivity (Wildman–Crippen MR) is 156 cm³/mol. The van der Waals surface area contributed by atoms with Gasteiger partial charge in [-0.2, -0.15) is 0 Å². The van der Waals surface area contributed by atoms with Crippen molar-refractivity contribution in [2.45, 2.75) is 98.0 Å². The predicted octanol–water partition coefficient (Wildman–Crippen LogP) is 9.95. The summed E-state index contributed by atoms with van der Waals surface area (Å²) < 4.78 is 12.0. The molecule has 1 atom stereocenters. The first kappa shape index (κ1) is 28.8. The van der Waals surface area contributed by atoms with Crippen molar-refractivity contribution in [3.8, 4) is 11.5 Å². The summed E-state index contributed by atoms with van der Waals surface area (Å²) in [6, 6.07) is 20.3. The maximum Gasteiger partial charge on any atom is 0.165 e. The van der Waals surface area contributed by atoms with Crippen molar-refractivity contribution < 1.29 is 14.3 Å². The van der Waals surface area contributed by atoms with Crippen molar-refractivity contribution >= 4 is 16.6 Å². The van der Waals surface area contributed by atoms with E-state index in [1.165, 1.54) is 51.4 Å². The molecule has 37 heavy (non-hydrogen) atoms. The molecule has 0 fully saturated rings. The summed E-state index contributed by atoms with van der Waals surface area (Å²) in [5, 5.41) is 2.29. The second-order valence-electron chi connectivity index (χ2n) is 10.4. The van der Waals surface area contributed by atoms with Crippen LogP contribution < -0.4 is 9.47 Å². The molecule has 0 saturated carbocycles. The van der Waals surface area contributed by atoms with Crippen molar-refractivity contribution in [1.82, 2.24) is 0 Å². The van der Waals surface area contributed by atoms with Crippen LogP contribution in [0.2, 0.25) is 0 Å². The van der Waals surface area contributed by atoms with E-state index in [0.717, 1.165) is 59.3 Å². The van der Waals surface area contributed by atoms with Gasteiger partial charge >= 0.3 is 0 Å². The van der Waals surface area contributed by atoms with Gasteiger partial charge in [-0.1, -0.05) is 115 Å². The minimum atomic E-state index is 0.0815. The van der Waals surface area contributed by atoms with E-state index in [0.29, 0.717) is 6.61 Å². The third-order valence-corrected chi connectivity index (χ3v) is 7.13. The highest BCUT2D eigenvalue weighted by atomic mass is 16.5. The minimum Gasteiger partial charge on any atom is -0.494 e. The highest BCUT2D eigenvalue weighted by Gasteiger charge is 2.14. The lowest BCUT2D eigenvalue weighted by molar-refractivity contribution is 0.0922. The zero-order valence-corrected chi connectivity index (χ0v) is 23.3. The molecule has 0 aliphatic heterocycles. The van der Waals surface area contributed by atoms with E-state index < -0.39 is 0 Å². The molecule has 0 aromatic heterocycles. The second-order valence-corrected chi connectivity index (χ2v) is 10.4. The number of fused-ring (bicyclic) bond motifs is 1. The molecule has 3 nitrogen and oxygen atoms in total. The molecule has 0 saturated heterocycles. The average molecular weight is 503 g/mol. The number of ketones is 1. The SMILES string of the molecule is CCCCCCCCOc1ccc2cc(OCc3ccc(C(=O)[C@H](C)CCCCCC)cc3)ccc2c1. The fourth-order valence-corrected chi connectivity index (χ4v) is 4.68. The van der Waals surface area contributed by atoms with Crippen LogP contribution in [0.15, 0.2) is 60.7 Å². The first-order chi connectivity index (χ1) is 18.1. The number of carbonyl (C=O) groups excluding carboxylic acids is 1. The van der Waals surface area contributed by atoms with E-state index in [1.54, 1.807) is 0 Å². The van der Waals surface area contributed by atoms with E-state index in [2.05, 4.69) is 45.0 Å². The molecule has 3 aromatic rings. The van der Waals surface area contributed by atoms with Crippen LogP contribution in [0.3, 0.4) is 0 Å². The Morgan fingerprint density at radius 3 is 1.89 bits per heavy atom. The molecule has 0 spiro atoms. The van der Waals surface area contributed by atoms with Crippen LogP contribution in [-0.2, 0) is 6.61 Å². The number of ether oxygens (including phenoxy) is 2. The highest BCUT2D eigenvalue weighted by Crippen LogP contribution is 2.26. The van der Waals surface area contributed by atoms with Gasteiger partial charge in [0.1, 0.15) is 18.1 Å². The molecule has 3 aromatic carbocycles. The third kappa shape index (κ3) is 9.87. The van der Waals surface area contributed by atoms with Crippen LogP contribution in [0.1, 0.15) is 107 Å². The lowest BCUT2D eigenvalue weighted by Gasteiger charge is -2.12. The second kappa shape index (κ2) is 16.1. The number of Topliss-reactive ketones (excluding diaryl/α,β-unsaturated/α-hetero) is 1. The van der Waals surface area contributed by atoms with Crippen LogP contribution in [0, 0.1) is 5.92 Å². The first-order valence-electron chi connectivity index (χ1n) is 14.5. The Bertz CT molecular complexity index is 1070. The standard InChI is InChI=1S/C34H46O3/c1-4-6-8-10-11-13-23-36-32-21-19-31-25-33(22-20-30(31)24-32)37-26-28-15-17-29(18-16-28)34(35)27(3)14-12-9-7-5-2/h15-22,24-25,27H,4-14,23,26H2,1-3H3/t27-/m1/s1. The molecule has 0 N–H and O–H groups in total. The monoisotopic (exact) mass is 502 g/mol. The number of hydrogen-bond acceptors (Lipinski definition) is 3. The molecule has 0 unspecified atom stereocenters. The van der Waals surface area contributed by atoms with Gasteiger partial charge in [0.05, 0.1) is 6.61 Å². The van der Waals surface area contributed by atoms with Gasteiger partial charge < -0.3 is 9.47 Å². The van der Waals surface area contributed by atoms with Crippen LogP contribution in [0.5, 0.6) is 11.5 Å². The number of rotatable bonds is 18. The number of unbranched alkanes of at least 4 members (excludes halogenated alkanes) is 8. The lowest BCUT2D eigenvalue weighted by Crippen LogP contribution is -2.11. The van der Waals surface area contributed by atoms with Crippen molar-refractivity contribution in [3.63, 3.8) is 0 Å². The van der Waals surface area contributed by atoms with Gasteiger partial charge in [0.2, 0.25) is 0 Å². The van der Waals surface area contributed by atoms with Crippen molar-refractivity contribution in [1.29, 1.82) is 0 Å². The molecule has 0 aliphatic carbocycles. The normalized spacial score (nSPS) is 12.0. The summed E-state index contributed by atoms with van der Waals surface area (Å²) in [6.07, 6.45) is 13.4. The molecule has 0 radical (unpaired) electrons. The van der Waals surface area contributed by atoms with Crippen LogP contribution >= 0.6 is 0 Å². The summed E-state index contributed by atoms with van der Waals surface area (Å²) in [7, 11) is 0. The summed E-state index contributed by atoms with van der Waals surface area (Å²) in [5.74, 6) is 2.10. The minimum absolute atomic E-state index is 0.0815. The Hall–Kier alpha value is -2.81. The molecule has 3 heteroatoms. The van der Waals surface area contributed by atoms with Gasteiger partial charge in [-0.3, -0.25) is 4.79 Å². The van der Waals surface area contributed by atoms with Gasteiger partial charge in [0.25, 0.3) is 0 Å². The Balaban J connectivity index is 1.45. The van der Waals surface area contributed by atoms with Crippen LogP contribution in [-0.4, -0.2) is 12.4 Å². The number of carbonyl (C=O) groups is 1. The molecular formula is C34H46O3. The van der Waals surface area contributed by atoms with E-state index in [-0.39, 0.29) is 11.7 Å². The van der Waals surface area contributed by atoms with Gasteiger partial charge in [-0.05, 0) is 53.4 Å². The fourth-order valence-electron chi connectivity index (χ4n) is 4.68. The zero-order valence-electron chi connectivity index (χ0n) is 23.3. The van der Waals surface area contributed by atoms with Crippen molar-refractivity contribution in [3.05, 3.63) is 71.8 Å². The molecule has 0 amide bonds. The van der Waals surface area contributed by atoms with Crippen LogP contribution in [0.4, 0.5) is 0 Å². The summed E-state index contributed by atoms with van der Waals surface area (Å²) in [4.78, 5) is 12.7. The van der Waals surface area contributed by atoms with E-state index in [1.807, 2.05) is 36.4 Å². The summed E-state index contributed by atoms with van der Waals surface area (Å²) >= 11 is 0. The zero-order chi connectivity index (χ0) is 26.3. The quantitative estimate of drug-likeness (QED) is 0.128. The van der Waals surface area contributed by atoms with Gasteiger partial charge in [-0.15, -0.1) is 0 Å². The molecule has 3 rings (SSSR count). The molecule has 0 heterocycles. The van der Waals surface area contributed by atoms with Crippen molar-refractivity contribution in [2.75, 3.05) is 6.61 Å². The van der Waals surface area contributed by atoms with Gasteiger partial charge in [0.15, 0.2) is 5.78 Å². The van der Waals surface area contributed by atoms with E-state index in [4.69, 9.17) is 9.47 Å².